The first kappa shape index (κ1) is 11.8. The summed E-state index contributed by atoms with van der Waals surface area (Å²) in [6.07, 6.45) is 2.11. The standard InChI is InChI=1S/C13H14F2N2/c1-9-3-2-6-17(8-9)11-5-4-10(7-16)12(14)13(11)15/h4-5,9H,2-3,6,8H2,1H3. The molecule has 0 spiro atoms. The molecule has 1 aliphatic rings. The van der Waals surface area contributed by atoms with Crippen LogP contribution < -0.4 is 4.90 Å². The van der Waals surface area contributed by atoms with E-state index in [0.717, 1.165) is 25.9 Å². The number of halogens is 2. The first-order chi connectivity index (χ1) is 8.13. The molecule has 0 radical (unpaired) electrons. The van der Waals surface area contributed by atoms with E-state index in [0.29, 0.717) is 5.92 Å². The predicted octanol–water partition coefficient (Wildman–Crippen LogP) is 3.07. The van der Waals surface area contributed by atoms with Gasteiger partial charge < -0.3 is 4.90 Å². The molecule has 0 aromatic heterocycles. The van der Waals surface area contributed by atoms with Crippen molar-refractivity contribution < 1.29 is 8.78 Å². The van der Waals surface area contributed by atoms with Crippen molar-refractivity contribution >= 4 is 5.69 Å². The summed E-state index contributed by atoms with van der Waals surface area (Å²) in [5.41, 5.74) is 0.0318. The SMILES string of the molecule is CC1CCCN(c2ccc(C#N)c(F)c2F)C1. The van der Waals surface area contributed by atoms with Crippen molar-refractivity contribution in [1.29, 1.82) is 5.26 Å². The summed E-state index contributed by atoms with van der Waals surface area (Å²) in [7, 11) is 0. The van der Waals surface area contributed by atoms with Gasteiger partial charge in [-0.1, -0.05) is 6.92 Å². The summed E-state index contributed by atoms with van der Waals surface area (Å²) in [6.45, 7) is 3.58. The fraction of sp³-hybridized carbons (Fsp3) is 0.462. The lowest BCUT2D eigenvalue weighted by molar-refractivity contribution is 0.436. The maximum atomic E-state index is 13.8. The lowest BCUT2D eigenvalue weighted by Gasteiger charge is -2.33. The topological polar surface area (TPSA) is 27.0 Å². The van der Waals surface area contributed by atoms with Gasteiger partial charge in [0.15, 0.2) is 11.6 Å². The highest BCUT2D eigenvalue weighted by Gasteiger charge is 2.22. The van der Waals surface area contributed by atoms with E-state index in [9.17, 15) is 8.78 Å². The Balaban J connectivity index is 2.33. The van der Waals surface area contributed by atoms with Crippen LogP contribution in [0.3, 0.4) is 0 Å². The molecule has 90 valence electrons. The molecule has 2 nitrogen and oxygen atoms in total. The Morgan fingerprint density at radius 2 is 2.12 bits per heavy atom. The number of anilines is 1. The Morgan fingerprint density at radius 1 is 1.35 bits per heavy atom. The van der Waals surface area contributed by atoms with Crippen LogP contribution in [0.15, 0.2) is 12.1 Å². The smallest absolute Gasteiger partial charge is 0.183 e. The predicted molar refractivity (Wildman–Crippen MR) is 61.7 cm³/mol. The zero-order chi connectivity index (χ0) is 12.4. The number of benzene rings is 1. The van der Waals surface area contributed by atoms with Crippen molar-refractivity contribution in [3.05, 3.63) is 29.3 Å². The number of hydrogen-bond acceptors (Lipinski definition) is 2. The van der Waals surface area contributed by atoms with E-state index in [1.165, 1.54) is 12.1 Å². The highest BCUT2D eigenvalue weighted by molar-refractivity contribution is 5.52. The second kappa shape index (κ2) is 4.70. The van der Waals surface area contributed by atoms with Gasteiger partial charge in [-0.3, -0.25) is 0 Å². The van der Waals surface area contributed by atoms with E-state index in [-0.39, 0.29) is 11.3 Å². The minimum absolute atomic E-state index is 0.240. The minimum atomic E-state index is -1.04. The normalized spacial score (nSPS) is 20.1. The third kappa shape index (κ3) is 2.23. The molecule has 17 heavy (non-hydrogen) atoms. The molecule has 1 aromatic carbocycles. The zero-order valence-corrected chi connectivity index (χ0v) is 9.71. The average molecular weight is 236 g/mol. The summed E-state index contributed by atoms with van der Waals surface area (Å²) in [5.74, 6) is -1.46. The number of hydrogen-bond donors (Lipinski definition) is 0. The molecule has 4 heteroatoms. The average Bonchev–Trinajstić information content (AvgIpc) is 2.32. The summed E-state index contributed by atoms with van der Waals surface area (Å²) in [5, 5.41) is 8.62. The van der Waals surface area contributed by atoms with Crippen LogP contribution in [-0.2, 0) is 0 Å². The molecule has 2 rings (SSSR count). The minimum Gasteiger partial charge on any atom is -0.369 e. The van der Waals surface area contributed by atoms with Gasteiger partial charge in [0.05, 0.1) is 11.3 Å². The summed E-state index contributed by atoms with van der Waals surface area (Å²) in [4.78, 5) is 1.85. The summed E-state index contributed by atoms with van der Waals surface area (Å²) < 4.78 is 27.3. The molecule has 1 aliphatic heterocycles. The Hall–Kier alpha value is -1.63. The third-order valence-electron chi connectivity index (χ3n) is 3.18. The molecular weight excluding hydrogens is 222 g/mol. The Kier molecular flexibility index (Phi) is 3.28. The molecule has 1 aromatic rings. The van der Waals surface area contributed by atoms with E-state index in [2.05, 4.69) is 6.92 Å². The highest BCUT2D eigenvalue weighted by Crippen LogP contribution is 2.28. The molecular formula is C13H14F2N2. The maximum Gasteiger partial charge on any atom is 0.183 e. The van der Waals surface area contributed by atoms with E-state index >= 15 is 0 Å². The van der Waals surface area contributed by atoms with Crippen molar-refractivity contribution in [3.8, 4) is 6.07 Å². The first-order valence-electron chi connectivity index (χ1n) is 5.76. The van der Waals surface area contributed by atoms with E-state index < -0.39 is 11.6 Å². The van der Waals surface area contributed by atoms with Gasteiger partial charge in [0, 0.05) is 13.1 Å². The van der Waals surface area contributed by atoms with Crippen LogP contribution in [0.2, 0.25) is 0 Å². The Labute approximate surface area is 99.5 Å². The lowest BCUT2D eigenvalue weighted by Crippen LogP contribution is -2.35. The molecule has 0 bridgehead atoms. The van der Waals surface area contributed by atoms with Crippen LogP contribution in [0, 0.1) is 28.9 Å². The van der Waals surface area contributed by atoms with Gasteiger partial charge >= 0.3 is 0 Å². The van der Waals surface area contributed by atoms with E-state index in [1.807, 2.05) is 4.90 Å². The van der Waals surface area contributed by atoms with Crippen molar-refractivity contribution in [2.45, 2.75) is 19.8 Å². The highest BCUT2D eigenvalue weighted by atomic mass is 19.2. The number of nitriles is 1. The van der Waals surface area contributed by atoms with Crippen LogP contribution in [0.25, 0.3) is 0 Å². The maximum absolute atomic E-state index is 13.8. The van der Waals surface area contributed by atoms with Crippen molar-refractivity contribution in [2.24, 2.45) is 5.92 Å². The molecule has 1 unspecified atom stereocenters. The monoisotopic (exact) mass is 236 g/mol. The molecule has 0 saturated carbocycles. The Bertz CT molecular complexity index is 465. The van der Waals surface area contributed by atoms with Gasteiger partial charge in [0.25, 0.3) is 0 Å². The molecule has 1 fully saturated rings. The molecule has 1 saturated heterocycles. The van der Waals surface area contributed by atoms with Gasteiger partial charge in [0.1, 0.15) is 6.07 Å². The van der Waals surface area contributed by atoms with Crippen LogP contribution >= 0.6 is 0 Å². The summed E-state index contributed by atoms with van der Waals surface area (Å²) >= 11 is 0. The van der Waals surface area contributed by atoms with Crippen LogP contribution in [0.4, 0.5) is 14.5 Å². The second-order valence-corrected chi connectivity index (χ2v) is 4.57. The first-order valence-corrected chi connectivity index (χ1v) is 5.76. The molecule has 0 N–H and O–H groups in total. The quantitative estimate of drug-likeness (QED) is 0.749. The van der Waals surface area contributed by atoms with Crippen molar-refractivity contribution in [3.63, 3.8) is 0 Å². The van der Waals surface area contributed by atoms with Gasteiger partial charge in [-0.15, -0.1) is 0 Å². The molecule has 0 aliphatic carbocycles. The van der Waals surface area contributed by atoms with Crippen molar-refractivity contribution in [2.75, 3.05) is 18.0 Å². The molecule has 0 amide bonds. The van der Waals surface area contributed by atoms with Crippen LogP contribution in [-0.4, -0.2) is 13.1 Å². The summed E-state index contributed by atoms with van der Waals surface area (Å²) in [6, 6.07) is 4.48. The van der Waals surface area contributed by atoms with E-state index in [4.69, 9.17) is 5.26 Å². The number of nitrogens with zero attached hydrogens (tertiary/aromatic N) is 2. The number of piperidine rings is 1. The van der Waals surface area contributed by atoms with Crippen LogP contribution in [0.1, 0.15) is 25.3 Å². The fourth-order valence-corrected chi connectivity index (χ4v) is 2.28. The lowest BCUT2D eigenvalue weighted by atomic mass is 9.99. The molecule has 1 heterocycles. The van der Waals surface area contributed by atoms with Gasteiger partial charge in [0.2, 0.25) is 0 Å². The third-order valence-corrected chi connectivity index (χ3v) is 3.18. The van der Waals surface area contributed by atoms with Crippen LogP contribution in [0.5, 0.6) is 0 Å². The van der Waals surface area contributed by atoms with Gasteiger partial charge in [-0.25, -0.2) is 8.78 Å². The fourth-order valence-electron chi connectivity index (χ4n) is 2.28. The number of rotatable bonds is 1. The van der Waals surface area contributed by atoms with Gasteiger partial charge in [-0.2, -0.15) is 5.26 Å². The Morgan fingerprint density at radius 3 is 2.76 bits per heavy atom. The van der Waals surface area contributed by atoms with E-state index in [1.54, 1.807) is 6.07 Å². The van der Waals surface area contributed by atoms with Crippen molar-refractivity contribution in [1.82, 2.24) is 0 Å². The largest absolute Gasteiger partial charge is 0.369 e. The molecule has 1 atom stereocenters. The second-order valence-electron chi connectivity index (χ2n) is 4.57. The zero-order valence-electron chi connectivity index (χ0n) is 9.71. The van der Waals surface area contributed by atoms with Gasteiger partial charge in [-0.05, 0) is 30.9 Å².